The molecule has 0 spiro atoms. The van der Waals surface area contributed by atoms with E-state index in [0.29, 0.717) is 11.5 Å². The minimum absolute atomic E-state index is 0.461. The second-order valence-corrected chi connectivity index (χ2v) is 6.82. The Bertz CT molecular complexity index is 1000. The summed E-state index contributed by atoms with van der Waals surface area (Å²) in [5.41, 5.74) is 5.84. The summed E-state index contributed by atoms with van der Waals surface area (Å²) in [4.78, 5) is 24.4. The summed E-state index contributed by atoms with van der Waals surface area (Å²) in [6.45, 7) is 5.19. The number of amides is 2. The van der Waals surface area contributed by atoms with Crippen molar-refractivity contribution in [2.24, 2.45) is 0 Å². The summed E-state index contributed by atoms with van der Waals surface area (Å²) < 4.78 is 11.3. The lowest BCUT2D eigenvalue weighted by Crippen LogP contribution is -2.50. The van der Waals surface area contributed by atoms with Crippen molar-refractivity contribution in [1.29, 1.82) is 0 Å². The number of ether oxygens (including phenoxy) is 2. The molecule has 0 bridgehead atoms. The number of carbonyl (C=O) groups excluding carboxylic acids is 2. The van der Waals surface area contributed by atoms with E-state index in [-0.39, 0.29) is 0 Å². The smallest absolute Gasteiger partial charge is 0.279 e. The predicted octanol–water partition coefficient (Wildman–Crippen LogP) is 3.53. The van der Waals surface area contributed by atoms with Gasteiger partial charge in [0.25, 0.3) is 11.8 Å². The van der Waals surface area contributed by atoms with Crippen LogP contribution in [0, 0.1) is 6.92 Å². The second kappa shape index (κ2) is 9.10. The highest BCUT2D eigenvalue weighted by molar-refractivity contribution is 5.87. The van der Waals surface area contributed by atoms with Crippen molar-refractivity contribution in [1.82, 2.24) is 10.9 Å². The Kier molecular flexibility index (Phi) is 6.34. The van der Waals surface area contributed by atoms with Crippen LogP contribution in [0.25, 0.3) is 10.8 Å². The zero-order valence-corrected chi connectivity index (χ0v) is 16.6. The minimum Gasteiger partial charge on any atom is -0.481 e. The third kappa shape index (κ3) is 5.48. The van der Waals surface area contributed by atoms with Gasteiger partial charge in [-0.25, -0.2) is 0 Å². The summed E-state index contributed by atoms with van der Waals surface area (Å²) in [6, 6.07) is 20.9. The fraction of sp³-hybridized carbons (Fsp3) is 0.217. The quantitative estimate of drug-likeness (QED) is 0.629. The Balaban J connectivity index is 1.49. The molecular formula is C23H24N2O4. The SMILES string of the molecule is Cc1ccc(OC(C)C(=O)NNC(=O)C(C)Oc2ccc3ccccc3c2)cc1. The zero-order valence-electron chi connectivity index (χ0n) is 16.6. The van der Waals surface area contributed by atoms with Gasteiger partial charge in [-0.05, 0) is 55.8 Å². The van der Waals surface area contributed by atoms with Gasteiger partial charge in [0.2, 0.25) is 0 Å². The van der Waals surface area contributed by atoms with E-state index in [4.69, 9.17) is 9.47 Å². The Morgan fingerprint density at radius 3 is 1.86 bits per heavy atom. The number of hydrazine groups is 1. The van der Waals surface area contributed by atoms with Crippen molar-refractivity contribution >= 4 is 22.6 Å². The lowest BCUT2D eigenvalue weighted by Gasteiger charge is -2.18. The van der Waals surface area contributed by atoms with Crippen LogP contribution >= 0.6 is 0 Å². The van der Waals surface area contributed by atoms with E-state index in [1.807, 2.05) is 61.5 Å². The van der Waals surface area contributed by atoms with Crippen LogP contribution in [0.15, 0.2) is 66.7 Å². The molecule has 0 aliphatic heterocycles. The van der Waals surface area contributed by atoms with Crippen molar-refractivity contribution in [3.8, 4) is 11.5 Å². The molecule has 0 radical (unpaired) electrons. The van der Waals surface area contributed by atoms with Crippen LogP contribution in [0.2, 0.25) is 0 Å². The first-order valence-electron chi connectivity index (χ1n) is 9.41. The van der Waals surface area contributed by atoms with E-state index in [0.717, 1.165) is 16.3 Å². The number of carbonyl (C=O) groups is 2. The van der Waals surface area contributed by atoms with Crippen LogP contribution in [0.1, 0.15) is 19.4 Å². The van der Waals surface area contributed by atoms with Gasteiger partial charge < -0.3 is 9.47 Å². The largest absolute Gasteiger partial charge is 0.481 e. The first kappa shape index (κ1) is 20.2. The lowest BCUT2D eigenvalue weighted by atomic mass is 10.1. The van der Waals surface area contributed by atoms with E-state index >= 15 is 0 Å². The summed E-state index contributed by atoms with van der Waals surface area (Å²) in [6.07, 6.45) is -1.56. The average molecular weight is 392 g/mol. The van der Waals surface area contributed by atoms with Crippen LogP contribution in [0.4, 0.5) is 0 Å². The summed E-state index contributed by atoms with van der Waals surface area (Å²) >= 11 is 0. The molecule has 0 aliphatic rings. The van der Waals surface area contributed by atoms with Crippen LogP contribution in [0.3, 0.4) is 0 Å². The van der Waals surface area contributed by atoms with E-state index in [9.17, 15) is 9.59 Å². The molecule has 3 aromatic carbocycles. The number of rotatable bonds is 6. The molecule has 2 N–H and O–H groups in total. The first-order chi connectivity index (χ1) is 13.9. The number of fused-ring (bicyclic) bond motifs is 1. The molecular weight excluding hydrogens is 368 g/mol. The molecule has 0 saturated carbocycles. The van der Waals surface area contributed by atoms with Crippen molar-refractivity contribution in [3.63, 3.8) is 0 Å². The van der Waals surface area contributed by atoms with Gasteiger partial charge in [0.05, 0.1) is 0 Å². The number of nitrogens with one attached hydrogen (secondary N) is 2. The highest BCUT2D eigenvalue weighted by Crippen LogP contribution is 2.21. The third-order valence-corrected chi connectivity index (χ3v) is 4.41. The number of benzene rings is 3. The fourth-order valence-corrected chi connectivity index (χ4v) is 2.70. The maximum atomic E-state index is 12.2. The van der Waals surface area contributed by atoms with Gasteiger partial charge >= 0.3 is 0 Å². The van der Waals surface area contributed by atoms with Crippen molar-refractivity contribution in [2.75, 3.05) is 0 Å². The van der Waals surface area contributed by atoms with Crippen LogP contribution in [-0.4, -0.2) is 24.0 Å². The maximum absolute atomic E-state index is 12.2. The molecule has 0 aliphatic carbocycles. The molecule has 2 unspecified atom stereocenters. The van der Waals surface area contributed by atoms with Crippen molar-refractivity contribution in [3.05, 3.63) is 72.3 Å². The highest BCUT2D eigenvalue weighted by atomic mass is 16.5. The standard InChI is InChI=1S/C23H24N2O4/c1-15-8-11-20(12-9-15)28-16(2)22(26)24-25-23(27)17(3)29-21-13-10-18-6-4-5-7-19(18)14-21/h4-14,16-17H,1-3H3,(H,24,26)(H,25,27). The molecule has 3 rings (SSSR count). The highest BCUT2D eigenvalue weighted by Gasteiger charge is 2.19. The Morgan fingerprint density at radius 1 is 0.724 bits per heavy atom. The molecule has 6 nitrogen and oxygen atoms in total. The predicted molar refractivity (Wildman–Crippen MR) is 112 cm³/mol. The maximum Gasteiger partial charge on any atom is 0.279 e. The molecule has 0 aromatic heterocycles. The number of hydrogen-bond donors (Lipinski definition) is 2. The third-order valence-electron chi connectivity index (χ3n) is 4.41. The molecule has 0 saturated heterocycles. The Hall–Kier alpha value is -3.54. The van der Waals surface area contributed by atoms with Gasteiger partial charge in [-0.3, -0.25) is 20.4 Å². The van der Waals surface area contributed by atoms with E-state index in [2.05, 4.69) is 10.9 Å². The van der Waals surface area contributed by atoms with Gasteiger partial charge in [-0.1, -0.05) is 48.0 Å². The topological polar surface area (TPSA) is 76.7 Å². The molecule has 29 heavy (non-hydrogen) atoms. The van der Waals surface area contributed by atoms with Crippen molar-refractivity contribution < 1.29 is 19.1 Å². The monoisotopic (exact) mass is 392 g/mol. The molecule has 2 amide bonds. The normalized spacial score (nSPS) is 12.7. The molecule has 6 heteroatoms. The minimum atomic E-state index is -0.787. The van der Waals surface area contributed by atoms with Crippen LogP contribution in [0.5, 0.6) is 11.5 Å². The summed E-state index contributed by atoms with van der Waals surface area (Å²) in [5.74, 6) is 0.234. The fourth-order valence-electron chi connectivity index (χ4n) is 2.70. The summed E-state index contributed by atoms with van der Waals surface area (Å²) in [7, 11) is 0. The van der Waals surface area contributed by atoms with E-state index < -0.39 is 24.0 Å². The molecule has 2 atom stereocenters. The Morgan fingerprint density at radius 2 is 1.24 bits per heavy atom. The van der Waals surface area contributed by atoms with Gasteiger partial charge in [0.15, 0.2) is 12.2 Å². The first-order valence-corrected chi connectivity index (χ1v) is 9.41. The average Bonchev–Trinajstić information content (AvgIpc) is 2.73. The number of aryl methyl sites for hydroxylation is 1. The van der Waals surface area contributed by atoms with Gasteiger partial charge in [0, 0.05) is 0 Å². The molecule has 3 aromatic rings. The van der Waals surface area contributed by atoms with Crippen LogP contribution in [-0.2, 0) is 9.59 Å². The van der Waals surface area contributed by atoms with E-state index in [1.54, 1.807) is 26.0 Å². The van der Waals surface area contributed by atoms with Gasteiger partial charge in [-0.2, -0.15) is 0 Å². The molecule has 0 heterocycles. The number of hydrogen-bond acceptors (Lipinski definition) is 4. The van der Waals surface area contributed by atoms with E-state index in [1.165, 1.54) is 0 Å². The lowest BCUT2D eigenvalue weighted by molar-refractivity contribution is -0.135. The second-order valence-electron chi connectivity index (χ2n) is 6.82. The zero-order chi connectivity index (χ0) is 20.8. The van der Waals surface area contributed by atoms with Gasteiger partial charge in [-0.15, -0.1) is 0 Å². The molecule has 150 valence electrons. The Labute approximate surface area is 169 Å². The van der Waals surface area contributed by atoms with Crippen molar-refractivity contribution in [2.45, 2.75) is 33.0 Å². The van der Waals surface area contributed by atoms with Crippen LogP contribution < -0.4 is 20.3 Å². The van der Waals surface area contributed by atoms with Gasteiger partial charge in [0.1, 0.15) is 11.5 Å². The summed E-state index contributed by atoms with van der Waals surface area (Å²) in [5, 5.41) is 2.11. The molecule has 0 fully saturated rings.